The quantitative estimate of drug-likeness (QED) is 0.718. The van der Waals surface area contributed by atoms with Gasteiger partial charge >= 0.3 is 6.09 Å². The molecule has 2 heterocycles. The van der Waals surface area contributed by atoms with Gasteiger partial charge in [-0.15, -0.1) is 0 Å². The lowest BCUT2D eigenvalue weighted by molar-refractivity contribution is 0.00181. The topological polar surface area (TPSA) is 98.8 Å². The Balaban J connectivity index is 1.85. The van der Waals surface area contributed by atoms with Crippen molar-refractivity contribution in [3.8, 4) is 0 Å². The summed E-state index contributed by atoms with van der Waals surface area (Å²) in [5.74, 6) is -0.943. The normalized spacial score (nSPS) is 17.7. The first-order valence-electron chi connectivity index (χ1n) is 9.33. The van der Waals surface area contributed by atoms with Crippen molar-refractivity contribution >= 4 is 38.8 Å². The number of ether oxygens (including phenoxy) is 1. The number of nitrogens with one attached hydrogen (secondary N) is 1. The van der Waals surface area contributed by atoms with Crippen molar-refractivity contribution in [3.63, 3.8) is 0 Å². The van der Waals surface area contributed by atoms with E-state index in [1.54, 1.807) is 25.7 Å². The van der Waals surface area contributed by atoms with Crippen molar-refractivity contribution in [3.05, 3.63) is 28.1 Å². The Kier molecular flexibility index (Phi) is 6.13. The maximum atomic E-state index is 14.3. The van der Waals surface area contributed by atoms with E-state index in [4.69, 9.17) is 4.74 Å². The molecule has 1 fully saturated rings. The second-order valence-corrected chi connectivity index (χ2v) is 8.76. The summed E-state index contributed by atoms with van der Waals surface area (Å²) in [6.07, 6.45) is 1.28. The molecule has 158 valence electrons. The van der Waals surface area contributed by atoms with E-state index < -0.39 is 23.6 Å². The average Bonchev–Trinajstić information content (AvgIpc) is 3.13. The van der Waals surface area contributed by atoms with Gasteiger partial charge in [0, 0.05) is 31.6 Å². The molecule has 0 bridgehead atoms. The van der Waals surface area contributed by atoms with Crippen molar-refractivity contribution < 1.29 is 23.8 Å². The Morgan fingerprint density at radius 3 is 2.79 bits per heavy atom. The van der Waals surface area contributed by atoms with Crippen molar-refractivity contribution in [2.45, 2.75) is 38.8 Å². The molecule has 29 heavy (non-hydrogen) atoms. The molecule has 1 aromatic heterocycles. The third-order valence-electron chi connectivity index (χ3n) is 4.71. The minimum Gasteiger partial charge on any atom is -0.444 e. The van der Waals surface area contributed by atoms with Gasteiger partial charge in [-0.1, -0.05) is 0 Å². The number of nitrogens with zero attached hydrogens (tertiary/aromatic N) is 3. The molecule has 2 N–H and O–H groups in total. The Morgan fingerprint density at radius 2 is 2.14 bits per heavy atom. The number of hydrogen-bond donors (Lipinski definition) is 2. The molecule has 8 nitrogen and oxygen atoms in total. The highest BCUT2D eigenvalue weighted by atomic mass is 79.9. The number of rotatable bonds is 3. The second kappa shape index (κ2) is 8.27. The number of carbonyl (C=O) groups excluding carboxylic acids is 2. The lowest BCUT2D eigenvalue weighted by Crippen LogP contribution is -2.57. The number of carbonyl (C=O) groups is 2. The number of piperazine rings is 1. The zero-order chi connectivity index (χ0) is 21.3. The number of H-pyrrole nitrogens is 1. The Labute approximate surface area is 176 Å². The van der Waals surface area contributed by atoms with Crippen LogP contribution in [0.25, 0.3) is 10.9 Å². The number of hydrogen-bond acceptors (Lipinski definition) is 5. The minimum atomic E-state index is -0.627. The largest absolute Gasteiger partial charge is 0.444 e. The number of aromatic nitrogens is 2. The third-order valence-corrected chi connectivity index (χ3v) is 5.52. The standard InChI is InChI=1S/C19H24BrFN4O4/c1-19(2,3)29-18(28)24-5-6-25(11(10-24)4-7-26)17(27)12-8-14(21)15(20)13-9-22-23-16(12)13/h8-9,11,26H,4-7,10H2,1-3H3,(H,22,23)/t11-/m0/s1. The minimum absolute atomic E-state index is 0.148. The molecular weight excluding hydrogens is 447 g/mol. The van der Waals surface area contributed by atoms with Crippen molar-refractivity contribution in [2.75, 3.05) is 26.2 Å². The van der Waals surface area contributed by atoms with Gasteiger partial charge in [0.2, 0.25) is 0 Å². The van der Waals surface area contributed by atoms with E-state index in [0.717, 1.165) is 0 Å². The molecule has 0 aliphatic carbocycles. The monoisotopic (exact) mass is 470 g/mol. The fraction of sp³-hybridized carbons (Fsp3) is 0.526. The zero-order valence-corrected chi connectivity index (χ0v) is 18.1. The van der Waals surface area contributed by atoms with Crippen LogP contribution in [0.15, 0.2) is 16.7 Å². The van der Waals surface area contributed by atoms with E-state index >= 15 is 0 Å². The molecule has 2 aromatic rings. The first-order chi connectivity index (χ1) is 13.6. The third kappa shape index (κ3) is 4.53. The van der Waals surface area contributed by atoms with Crippen LogP contribution in [0.5, 0.6) is 0 Å². The molecule has 1 saturated heterocycles. The van der Waals surface area contributed by atoms with Crippen molar-refractivity contribution in [2.24, 2.45) is 0 Å². The molecule has 1 aliphatic heterocycles. The van der Waals surface area contributed by atoms with E-state index in [-0.39, 0.29) is 48.6 Å². The van der Waals surface area contributed by atoms with E-state index in [1.807, 2.05) is 0 Å². The molecule has 0 unspecified atom stereocenters. The predicted octanol–water partition coefficient (Wildman–Crippen LogP) is 2.91. The number of aromatic amines is 1. The van der Waals surface area contributed by atoms with E-state index in [2.05, 4.69) is 26.1 Å². The zero-order valence-electron chi connectivity index (χ0n) is 16.5. The van der Waals surface area contributed by atoms with Crippen LogP contribution in [0, 0.1) is 5.82 Å². The number of fused-ring (bicyclic) bond motifs is 1. The van der Waals surface area contributed by atoms with Crippen LogP contribution in [-0.4, -0.2) is 75.0 Å². The fourth-order valence-corrected chi connectivity index (χ4v) is 3.80. The van der Waals surface area contributed by atoms with Gasteiger partial charge in [0.15, 0.2) is 0 Å². The Bertz CT molecular complexity index is 927. The van der Waals surface area contributed by atoms with Crippen molar-refractivity contribution in [1.82, 2.24) is 20.0 Å². The van der Waals surface area contributed by atoms with Gasteiger partial charge in [0.25, 0.3) is 5.91 Å². The van der Waals surface area contributed by atoms with Gasteiger partial charge in [-0.2, -0.15) is 5.10 Å². The maximum absolute atomic E-state index is 14.3. The lowest BCUT2D eigenvalue weighted by atomic mass is 10.0. The van der Waals surface area contributed by atoms with E-state index in [9.17, 15) is 19.1 Å². The Hall–Kier alpha value is -2.20. The van der Waals surface area contributed by atoms with Crippen LogP contribution in [0.3, 0.4) is 0 Å². The molecule has 2 amide bonds. The molecule has 0 saturated carbocycles. The van der Waals surface area contributed by atoms with E-state index in [1.165, 1.54) is 17.2 Å². The highest BCUT2D eigenvalue weighted by Gasteiger charge is 2.35. The van der Waals surface area contributed by atoms with Gasteiger partial charge in [0.1, 0.15) is 11.4 Å². The smallest absolute Gasteiger partial charge is 0.410 e. The molecule has 0 spiro atoms. The number of aliphatic hydroxyl groups excluding tert-OH is 1. The SMILES string of the molecule is CC(C)(C)OC(=O)N1CCN(C(=O)c2cc(F)c(Br)c3cn[nH]c23)[C@@H](CCO)C1. The first-order valence-corrected chi connectivity index (χ1v) is 10.1. The van der Waals surface area contributed by atoms with Gasteiger partial charge in [-0.05, 0) is 49.2 Å². The molecule has 10 heteroatoms. The summed E-state index contributed by atoms with van der Waals surface area (Å²) in [6, 6.07) is 0.752. The summed E-state index contributed by atoms with van der Waals surface area (Å²) < 4.78 is 20.0. The van der Waals surface area contributed by atoms with Gasteiger partial charge < -0.3 is 19.6 Å². The van der Waals surface area contributed by atoms with Crippen LogP contribution in [-0.2, 0) is 4.74 Å². The van der Waals surface area contributed by atoms with Gasteiger partial charge in [-0.3, -0.25) is 9.89 Å². The van der Waals surface area contributed by atoms with Crippen LogP contribution in [0.1, 0.15) is 37.6 Å². The highest BCUT2D eigenvalue weighted by molar-refractivity contribution is 9.10. The molecule has 0 radical (unpaired) electrons. The molecule has 1 aliphatic rings. The predicted molar refractivity (Wildman–Crippen MR) is 108 cm³/mol. The van der Waals surface area contributed by atoms with Gasteiger partial charge in [0.05, 0.1) is 27.8 Å². The van der Waals surface area contributed by atoms with Crippen LogP contribution >= 0.6 is 15.9 Å². The highest BCUT2D eigenvalue weighted by Crippen LogP contribution is 2.30. The Morgan fingerprint density at radius 1 is 1.41 bits per heavy atom. The number of aliphatic hydroxyl groups is 1. The summed E-state index contributed by atoms with van der Waals surface area (Å²) in [6.45, 7) is 5.97. The number of halogens is 2. The first kappa shape index (κ1) is 21.5. The fourth-order valence-electron chi connectivity index (χ4n) is 3.38. The van der Waals surface area contributed by atoms with E-state index in [0.29, 0.717) is 10.9 Å². The molecule has 1 aromatic carbocycles. The molecule has 1 atom stereocenters. The maximum Gasteiger partial charge on any atom is 0.410 e. The second-order valence-electron chi connectivity index (χ2n) is 7.97. The molecular formula is C19H24BrFN4O4. The lowest BCUT2D eigenvalue weighted by Gasteiger charge is -2.41. The number of amides is 2. The summed E-state index contributed by atoms with van der Waals surface area (Å²) in [4.78, 5) is 28.7. The van der Waals surface area contributed by atoms with Gasteiger partial charge in [-0.25, -0.2) is 9.18 Å². The van der Waals surface area contributed by atoms with Crippen LogP contribution in [0.2, 0.25) is 0 Å². The van der Waals surface area contributed by atoms with Crippen LogP contribution < -0.4 is 0 Å². The van der Waals surface area contributed by atoms with Crippen molar-refractivity contribution in [1.29, 1.82) is 0 Å². The summed E-state index contributed by atoms with van der Waals surface area (Å²) >= 11 is 3.17. The molecule has 3 rings (SSSR count). The average molecular weight is 471 g/mol. The summed E-state index contributed by atoms with van der Waals surface area (Å²) in [7, 11) is 0. The number of benzene rings is 1. The summed E-state index contributed by atoms with van der Waals surface area (Å²) in [5, 5.41) is 16.6. The van der Waals surface area contributed by atoms with Crippen LogP contribution in [0.4, 0.5) is 9.18 Å². The summed E-state index contributed by atoms with van der Waals surface area (Å²) in [5.41, 5.74) is -0.0371.